The normalized spacial score (nSPS) is 38.2. The third-order valence-corrected chi connectivity index (χ3v) is 2.02. The summed E-state index contributed by atoms with van der Waals surface area (Å²) in [7, 11) is 0. The number of halogens is 2. The Hall–Kier alpha value is -0.600. The Labute approximate surface area is 58.3 Å². The number of hydrogen-bond donors (Lipinski definition) is 0. The molecule has 0 unspecified atom stereocenters. The Balaban J connectivity index is 2.14. The average Bonchev–Trinajstić information content (AvgIpc) is 2.21. The molecule has 0 aliphatic carbocycles. The number of rotatable bonds is 0. The maximum atomic E-state index is 12.6. The van der Waals surface area contributed by atoms with Gasteiger partial charge < -0.3 is 4.90 Å². The molecule has 0 N–H and O–H groups in total. The van der Waals surface area contributed by atoms with Gasteiger partial charge in [0.2, 0.25) is 0 Å². The second kappa shape index (κ2) is 1.94. The van der Waals surface area contributed by atoms with Crippen LogP contribution in [0, 0.1) is 0 Å². The molecule has 0 saturated carbocycles. The van der Waals surface area contributed by atoms with Crippen molar-refractivity contribution in [2.45, 2.75) is 18.8 Å². The van der Waals surface area contributed by atoms with Gasteiger partial charge in [-0.3, -0.25) is 0 Å². The summed E-state index contributed by atoms with van der Waals surface area (Å²) in [6, 6.07) is 0. The standard InChI is InChI=1S/C7H9F2N/c8-5-1-7-2-6(9)4-10(7)3-5/h1,5-6H,2-4H2/t5-,6-/m0/s1. The van der Waals surface area contributed by atoms with Gasteiger partial charge in [0, 0.05) is 18.7 Å². The average molecular weight is 145 g/mol. The van der Waals surface area contributed by atoms with Crippen LogP contribution in [0.3, 0.4) is 0 Å². The van der Waals surface area contributed by atoms with Crippen molar-refractivity contribution in [1.82, 2.24) is 4.90 Å². The molecule has 2 rings (SSSR count). The van der Waals surface area contributed by atoms with E-state index >= 15 is 0 Å². The lowest BCUT2D eigenvalue weighted by molar-refractivity contribution is 0.272. The molecule has 0 bridgehead atoms. The van der Waals surface area contributed by atoms with Crippen LogP contribution in [0.4, 0.5) is 8.78 Å². The Kier molecular flexibility index (Phi) is 1.19. The first-order chi connectivity index (χ1) is 4.75. The maximum Gasteiger partial charge on any atom is 0.138 e. The number of nitrogens with zero attached hydrogens (tertiary/aromatic N) is 1. The summed E-state index contributed by atoms with van der Waals surface area (Å²) in [5, 5.41) is 0. The highest BCUT2D eigenvalue weighted by molar-refractivity contribution is 5.17. The van der Waals surface area contributed by atoms with Crippen molar-refractivity contribution in [3.05, 3.63) is 11.8 Å². The topological polar surface area (TPSA) is 3.24 Å². The quantitative estimate of drug-likeness (QED) is 0.496. The van der Waals surface area contributed by atoms with Crippen molar-refractivity contribution in [1.29, 1.82) is 0 Å². The zero-order chi connectivity index (χ0) is 7.14. The van der Waals surface area contributed by atoms with E-state index in [4.69, 9.17) is 0 Å². The van der Waals surface area contributed by atoms with Gasteiger partial charge in [-0.15, -0.1) is 0 Å². The van der Waals surface area contributed by atoms with Crippen LogP contribution in [0.2, 0.25) is 0 Å². The minimum atomic E-state index is -0.859. The van der Waals surface area contributed by atoms with Crippen molar-refractivity contribution in [2.24, 2.45) is 0 Å². The van der Waals surface area contributed by atoms with E-state index in [0.717, 1.165) is 5.70 Å². The van der Waals surface area contributed by atoms with Gasteiger partial charge in [0.25, 0.3) is 0 Å². The van der Waals surface area contributed by atoms with Gasteiger partial charge in [-0.05, 0) is 6.08 Å². The van der Waals surface area contributed by atoms with Crippen LogP contribution in [-0.2, 0) is 0 Å². The van der Waals surface area contributed by atoms with Crippen LogP contribution in [0.25, 0.3) is 0 Å². The Morgan fingerprint density at radius 1 is 1.40 bits per heavy atom. The van der Waals surface area contributed by atoms with Gasteiger partial charge in [0.05, 0.1) is 6.54 Å². The second-order valence-electron chi connectivity index (χ2n) is 2.88. The van der Waals surface area contributed by atoms with Crippen LogP contribution >= 0.6 is 0 Å². The highest BCUT2D eigenvalue weighted by atomic mass is 19.1. The molecule has 56 valence electrons. The largest absolute Gasteiger partial charge is 0.369 e. The molecule has 3 heteroatoms. The number of alkyl halides is 2. The zero-order valence-electron chi connectivity index (χ0n) is 5.56. The van der Waals surface area contributed by atoms with E-state index in [-0.39, 0.29) is 0 Å². The molecule has 2 atom stereocenters. The smallest absolute Gasteiger partial charge is 0.138 e. The molecule has 1 nitrogen and oxygen atoms in total. The Bertz CT molecular complexity index is 178. The molecule has 10 heavy (non-hydrogen) atoms. The van der Waals surface area contributed by atoms with Gasteiger partial charge in [-0.1, -0.05) is 0 Å². The van der Waals surface area contributed by atoms with Crippen molar-refractivity contribution in [3.63, 3.8) is 0 Å². The molecule has 0 aromatic heterocycles. The summed E-state index contributed by atoms with van der Waals surface area (Å²) in [5.41, 5.74) is 0.861. The maximum absolute atomic E-state index is 12.6. The van der Waals surface area contributed by atoms with Gasteiger partial charge in [-0.2, -0.15) is 0 Å². The molecular weight excluding hydrogens is 136 g/mol. The zero-order valence-corrected chi connectivity index (χ0v) is 5.56. The fraction of sp³-hybridized carbons (Fsp3) is 0.714. The molecule has 0 amide bonds. The van der Waals surface area contributed by atoms with Gasteiger partial charge in [-0.25, -0.2) is 8.78 Å². The molecular formula is C7H9F2N. The monoisotopic (exact) mass is 145 g/mol. The predicted octanol–water partition coefficient (Wildman–Crippen LogP) is 1.27. The summed E-state index contributed by atoms with van der Waals surface area (Å²) in [5.74, 6) is 0. The van der Waals surface area contributed by atoms with Crippen LogP contribution < -0.4 is 0 Å². The molecule has 2 heterocycles. The fourth-order valence-electron chi connectivity index (χ4n) is 1.61. The SMILES string of the molecule is F[C@H]1CC2=C[C@H](F)CN2C1. The first kappa shape index (κ1) is 6.13. The predicted molar refractivity (Wildman–Crippen MR) is 34.1 cm³/mol. The second-order valence-corrected chi connectivity index (χ2v) is 2.88. The van der Waals surface area contributed by atoms with Gasteiger partial charge in [0.1, 0.15) is 12.3 Å². The highest BCUT2D eigenvalue weighted by Crippen LogP contribution is 2.29. The number of allylic oxidation sites excluding steroid dienone is 1. The van der Waals surface area contributed by atoms with E-state index in [1.54, 1.807) is 4.90 Å². The van der Waals surface area contributed by atoms with Gasteiger partial charge in [0.15, 0.2) is 0 Å². The summed E-state index contributed by atoms with van der Waals surface area (Å²) < 4.78 is 25.1. The molecule has 2 aliphatic heterocycles. The molecule has 2 aliphatic rings. The lowest BCUT2D eigenvalue weighted by Gasteiger charge is -2.11. The van der Waals surface area contributed by atoms with Crippen molar-refractivity contribution < 1.29 is 8.78 Å². The van der Waals surface area contributed by atoms with Crippen LogP contribution in [0.5, 0.6) is 0 Å². The van der Waals surface area contributed by atoms with E-state index in [2.05, 4.69) is 0 Å². The molecule has 0 spiro atoms. The Morgan fingerprint density at radius 2 is 2.20 bits per heavy atom. The highest BCUT2D eigenvalue weighted by Gasteiger charge is 2.32. The summed E-state index contributed by atoms with van der Waals surface area (Å²) >= 11 is 0. The number of fused-ring (bicyclic) bond motifs is 1. The van der Waals surface area contributed by atoms with Crippen LogP contribution in [-0.4, -0.2) is 30.3 Å². The van der Waals surface area contributed by atoms with Crippen LogP contribution in [0.1, 0.15) is 6.42 Å². The summed E-state index contributed by atoms with van der Waals surface area (Å²) in [6.45, 7) is 0.766. The third-order valence-electron chi connectivity index (χ3n) is 2.02. The first-order valence-electron chi connectivity index (χ1n) is 3.49. The van der Waals surface area contributed by atoms with E-state index in [0.29, 0.717) is 19.5 Å². The summed E-state index contributed by atoms with van der Waals surface area (Å²) in [6.07, 6.45) is 0.321. The third kappa shape index (κ3) is 0.805. The van der Waals surface area contributed by atoms with Gasteiger partial charge >= 0.3 is 0 Å². The molecule has 1 fully saturated rings. The fourth-order valence-corrected chi connectivity index (χ4v) is 1.61. The van der Waals surface area contributed by atoms with Crippen molar-refractivity contribution in [3.8, 4) is 0 Å². The first-order valence-corrected chi connectivity index (χ1v) is 3.49. The molecule has 0 aromatic rings. The van der Waals surface area contributed by atoms with E-state index in [9.17, 15) is 8.78 Å². The van der Waals surface area contributed by atoms with Crippen molar-refractivity contribution >= 4 is 0 Å². The van der Waals surface area contributed by atoms with Crippen molar-refractivity contribution in [2.75, 3.05) is 13.1 Å². The lowest BCUT2D eigenvalue weighted by Crippen LogP contribution is -2.21. The molecule has 0 aromatic carbocycles. The van der Waals surface area contributed by atoms with Crippen LogP contribution in [0.15, 0.2) is 11.8 Å². The minimum Gasteiger partial charge on any atom is -0.369 e. The molecule has 1 saturated heterocycles. The summed E-state index contributed by atoms with van der Waals surface area (Å²) in [4.78, 5) is 1.79. The molecule has 0 radical (unpaired) electrons. The van der Waals surface area contributed by atoms with E-state index in [1.165, 1.54) is 6.08 Å². The minimum absolute atomic E-state index is 0.371. The Morgan fingerprint density at radius 3 is 2.90 bits per heavy atom. The number of hydrogen-bond acceptors (Lipinski definition) is 1. The van der Waals surface area contributed by atoms with E-state index in [1.807, 2.05) is 0 Å². The van der Waals surface area contributed by atoms with E-state index < -0.39 is 12.3 Å². The lowest BCUT2D eigenvalue weighted by atomic mass is 10.2.